The molecule has 2 aliphatic carbocycles. The van der Waals surface area contributed by atoms with Gasteiger partial charge in [0, 0.05) is 12.8 Å². The Bertz CT molecular complexity index is 794. The predicted molar refractivity (Wildman–Crippen MR) is 116 cm³/mol. The fourth-order valence-corrected chi connectivity index (χ4v) is 6.75. The van der Waals surface area contributed by atoms with Gasteiger partial charge < -0.3 is 18.9 Å². The van der Waals surface area contributed by atoms with Crippen molar-refractivity contribution in [3.05, 3.63) is 0 Å². The van der Waals surface area contributed by atoms with Crippen molar-refractivity contribution in [2.45, 2.75) is 139 Å². The first-order valence-corrected chi connectivity index (χ1v) is 13.5. The van der Waals surface area contributed by atoms with Crippen molar-refractivity contribution in [2.75, 3.05) is 0 Å². The van der Waals surface area contributed by atoms with E-state index in [2.05, 4.69) is 23.3 Å². The van der Waals surface area contributed by atoms with Crippen LogP contribution in [0.5, 0.6) is 0 Å². The Labute approximate surface area is 228 Å². The summed E-state index contributed by atoms with van der Waals surface area (Å²) in [4.78, 5) is 0. The van der Waals surface area contributed by atoms with Crippen molar-refractivity contribution in [1.82, 2.24) is 0 Å². The molecule has 0 N–H and O–H groups in total. The van der Waals surface area contributed by atoms with Crippen LogP contribution in [0.15, 0.2) is 0 Å². The Morgan fingerprint density at radius 2 is 0.732 bits per heavy atom. The summed E-state index contributed by atoms with van der Waals surface area (Å²) in [5.74, 6) is 0.344. The molecule has 240 valence electrons. The molecule has 0 aromatic carbocycles. The van der Waals surface area contributed by atoms with E-state index in [0.717, 1.165) is 0 Å². The Balaban J connectivity index is 1.20. The average molecular weight is 625 g/mol. The second-order valence-electron chi connectivity index (χ2n) is 12.2. The standard InChI is InChI=1S/C25H32F12O4/c1-19(2,13-3-7-15(8-4-13)38-17-11-20(40-17,22(26,27)28)23(29,30)31)14-5-9-16(10-6-14)39-18-12-21(41-18,24(32,33)34)25(35,36)37/h13-18H,3-12H2,1-2H3. The van der Waals surface area contributed by atoms with E-state index in [1.807, 2.05) is 0 Å². The van der Waals surface area contributed by atoms with Crippen LogP contribution in [0.2, 0.25) is 0 Å². The first kappa shape index (κ1) is 32.9. The van der Waals surface area contributed by atoms with Gasteiger partial charge in [-0.15, -0.1) is 0 Å². The van der Waals surface area contributed by atoms with Crippen LogP contribution in [0.1, 0.15) is 78.1 Å². The van der Waals surface area contributed by atoms with E-state index in [1.165, 1.54) is 0 Å². The highest BCUT2D eigenvalue weighted by atomic mass is 19.4. The maximum atomic E-state index is 13.0. The van der Waals surface area contributed by atoms with Crippen molar-refractivity contribution in [2.24, 2.45) is 17.3 Å². The first-order chi connectivity index (χ1) is 18.5. The van der Waals surface area contributed by atoms with Crippen molar-refractivity contribution < 1.29 is 71.6 Å². The van der Waals surface area contributed by atoms with Crippen molar-refractivity contribution in [3.63, 3.8) is 0 Å². The molecule has 0 radical (unpaired) electrons. The zero-order valence-electron chi connectivity index (χ0n) is 22.2. The van der Waals surface area contributed by atoms with Gasteiger partial charge in [0.05, 0.1) is 12.2 Å². The SMILES string of the molecule is CC(C)(C1CCC(OC2CC(C(F)(F)F)(C(F)(F)F)O2)CC1)C1CCC(OC2CC(C(F)(F)F)(C(F)(F)F)O2)CC1. The maximum Gasteiger partial charge on any atom is 0.426 e. The molecule has 0 aromatic rings. The second kappa shape index (κ2) is 10.6. The minimum absolute atomic E-state index is 0.172. The minimum atomic E-state index is -5.61. The molecule has 4 nitrogen and oxygen atoms in total. The van der Waals surface area contributed by atoms with E-state index < -0.39 is 73.5 Å². The number of hydrogen-bond donors (Lipinski definition) is 0. The third-order valence-electron chi connectivity index (χ3n) is 9.55. The smallest absolute Gasteiger partial charge is 0.349 e. The molecule has 0 bridgehead atoms. The van der Waals surface area contributed by atoms with Gasteiger partial charge in [-0.05, 0) is 68.6 Å². The lowest BCUT2D eigenvalue weighted by atomic mass is 9.60. The molecule has 16 heteroatoms. The summed E-state index contributed by atoms with van der Waals surface area (Å²) < 4.78 is 175. The van der Waals surface area contributed by atoms with Crippen LogP contribution >= 0.6 is 0 Å². The van der Waals surface area contributed by atoms with Gasteiger partial charge in [-0.1, -0.05) is 13.8 Å². The quantitative estimate of drug-likeness (QED) is 0.278. The molecule has 0 amide bonds. The third-order valence-corrected chi connectivity index (χ3v) is 9.55. The van der Waals surface area contributed by atoms with Gasteiger partial charge in [0.15, 0.2) is 12.6 Å². The van der Waals surface area contributed by atoms with Crippen molar-refractivity contribution >= 4 is 0 Å². The fraction of sp³-hybridized carbons (Fsp3) is 1.00. The molecule has 4 fully saturated rings. The molecule has 2 unspecified atom stereocenters. The van der Waals surface area contributed by atoms with Gasteiger partial charge in [0.2, 0.25) is 0 Å². The van der Waals surface area contributed by atoms with Crippen LogP contribution < -0.4 is 0 Å². The highest BCUT2D eigenvalue weighted by Crippen LogP contribution is 2.57. The van der Waals surface area contributed by atoms with Crippen LogP contribution in [0.3, 0.4) is 0 Å². The number of hydrogen-bond acceptors (Lipinski definition) is 4. The molecular weight excluding hydrogens is 592 g/mol. The predicted octanol–water partition coefficient (Wildman–Crippen LogP) is 8.38. The van der Waals surface area contributed by atoms with E-state index in [9.17, 15) is 52.7 Å². The van der Waals surface area contributed by atoms with E-state index in [-0.39, 0.29) is 17.3 Å². The van der Waals surface area contributed by atoms with Crippen LogP contribution in [0, 0.1) is 17.3 Å². The number of ether oxygens (including phenoxy) is 4. The Hall–Kier alpha value is -1.00. The molecule has 2 saturated carbocycles. The summed E-state index contributed by atoms with van der Waals surface area (Å²) in [6.45, 7) is 4.10. The summed E-state index contributed by atoms with van der Waals surface area (Å²) in [5, 5.41) is 0. The number of halogens is 12. The summed E-state index contributed by atoms with van der Waals surface area (Å²) in [5.41, 5.74) is -8.65. The van der Waals surface area contributed by atoms with Gasteiger partial charge in [-0.25, -0.2) is 0 Å². The Morgan fingerprint density at radius 3 is 0.951 bits per heavy atom. The highest BCUT2D eigenvalue weighted by molar-refractivity contribution is 5.04. The van der Waals surface area contributed by atoms with Crippen LogP contribution in [0.25, 0.3) is 0 Å². The highest BCUT2D eigenvalue weighted by Gasteiger charge is 2.79. The first-order valence-electron chi connectivity index (χ1n) is 13.5. The van der Waals surface area contributed by atoms with Gasteiger partial charge in [0.25, 0.3) is 11.2 Å². The monoisotopic (exact) mass is 624 g/mol. The number of rotatable bonds is 6. The van der Waals surface area contributed by atoms with Gasteiger partial charge in [0.1, 0.15) is 0 Å². The minimum Gasteiger partial charge on any atom is -0.349 e. The van der Waals surface area contributed by atoms with E-state index in [1.54, 1.807) is 0 Å². The maximum absolute atomic E-state index is 13.0. The summed E-state index contributed by atoms with van der Waals surface area (Å²) in [6, 6.07) is 0. The van der Waals surface area contributed by atoms with Crippen LogP contribution in [-0.2, 0) is 18.9 Å². The van der Waals surface area contributed by atoms with E-state index in [4.69, 9.17) is 9.47 Å². The molecule has 4 rings (SSSR count). The van der Waals surface area contributed by atoms with Gasteiger partial charge in [-0.2, -0.15) is 52.7 Å². The van der Waals surface area contributed by atoms with Gasteiger partial charge >= 0.3 is 24.7 Å². The molecule has 4 aliphatic rings. The lowest BCUT2D eigenvalue weighted by Gasteiger charge is -2.51. The van der Waals surface area contributed by atoms with Crippen LogP contribution in [0.4, 0.5) is 52.7 Å². The largest absolute Gasteiger partial charge is 0.426 e. The molecule has 2 atom stereocenters. The molecule has 2 heterocycles. The summed E-state index contributed by atoms with van der Waals surface area (Å²) in [6.07, 6.45) is -25.2. The Morgan fingerprint density at radius 1 is 0.488 bits per heavy atom. The average Bonchev–Trinajstić information content (AvgIpc) is 2.75. The van der Waals surface area contributed by atoms with Crippen LogP contribution in [-0.4, -0.2) is 60.7 Å². The summed E-state index contributed by atoms with van der Waals surface area (Å²) >= 11 is 0. The van der Waals surface area contributed by atoms with Crippen molar-refractivity contribution in [1.29, 1.82) is 0 Å². The van der Waals surface area contributed by atoms with Gasteiger partial charge in [-0.3, -0.25) is 0 Å². The molecule has 2 saturated heterocycles. The molecule has 41 heavy (non-hydrogen) atoms. The fourth-order valence-electron chi connectivity index (χ4n) is 6.75. The van der Waals surface area contributed by atoms with Crippen molar-refractivity contribution in [3.8, 4) is 0 Å². The molecule has 2 aliphatic heterocycles. The normalized spacial score (nSPS) is 35.0. The zero-order valence-corrected chi connectivity index (χ0v) is 22.2. The van der Waals surface area contributed by atoms with E-state index >= 15 is 0 Å². The number of alkyl halides is 12. The molecular formula is C25H32F12O4. The second-order valence-corrected chi connectivity index (χ2v) is 12.2. The Kier molecular flexibility index (Phi) is 8.48. The third kappa shape index (κ3) is 5.92. The lowest BCUT2D eigenvalue weighted by Crippen LogP contribution is -2.69. The van der Waals surface area contributed by atoms with E-state index in [0.29, 0.717) is 51.4 Å². The topological polar surface area (TPSA) is 36.9 Å². The summed E-state index contributed by atoms with van der Waals surface area (Å²) in [7, 11) is 0. The molecule has 0 spiro atoms. The lowest BCUT2D eigenvalue weighted by molar-refractivity contribution is -0.474. The zero-order chi connectivity index (χ0) is 30.9. The molecule has 0 aromatic heterocycles.